The van der Waals surface area contributed by atoms with Crippen LogP contribution in [0.2, 0.25) is 0 Å². The Labute approximate surface area is 176 Å². The van der Waals surface area contributed by atoms with Gasteiger partial charge in [0.05, 0.1) is 17.0 Å². The number of hydrogen-bond acceptors (Lipinski definition) is 7. The Kier molecular flexibility index (Phi) is 5.74. The molecule has 0 saturated carbocycles. The van der Waals surface area contributed by atoms with E-state index in [1.165, 1.54) is 23.5 Å². The maximum atomic E-state index is 12.5. The van der Waals surface area contributed by atoms with Gasteiger partial charge in [-0.1, -0.05) is 6.07 Å². The Bertz CT molecular complexity index is 1150. The van der Waals surface area contributed by atoms with Gasteiger partial charge in [0.25, 0.3) is 10.0 Å². The third-order valence-corrected chi connectivity index (χ3v) is 7.22. The normalized spacial score (nSPS) is 13.9. The number of nitrogens with zero attached hydrogens (tertiary/aromatic N) is 2. The van der Waals surface area contributed by atoms with Crippen molar-refractivity contribution in [3.05, 3.63) is 52.2 Å². The van der Waals surface area contributed by atoms with Crippen LogP contribution < -0.4 is 10.0 Å². The molecule has 0 unspecified atom stereocenters. The lowest BCUT2D eigenvalue weighted by molar-refractivity contribution is -0.115. The van der Waals surface area contributed by atoms with Gasteiger partial charge in [0, 0.05) is 35.0 Å². The molecule has 0 radical (unpaired) electrons. The first-order valence-electron chi connectivity index (χ1n) is 8.93. The van der Waals surface area contributed by atoms with E-state index < -0.39 is 10.0 Å². The van der Waals surface area contributed by atoms with Crippen LogP contribution in [0.25, 0.3) is 10.6 Å². The van der Waals surface area contributed by atoms with Crippen LogP contribution in [0.15, 0.2) is 56.4 Å². The molecule has 1 aliphatic rings. The molecule has 1 amide bonds. The average Bonchev–Trinajstić information content (AvgIpc) is 3.44. The molecule has 0 fully saturated rings. The minimum Gasteiger partial charge on any atom is -0.326 e. The zero-order valence-corrected chi connectivity index (χ0v) is 17.7. The Morgan fingerprint density at radius 3 is 2.86 bits per heavy atom. The van der Waals surface area contributed by atoms with E-state index in [9.17, 15) is 13.2 Å². The van der Waals surface area contributed by atoms with Crippen molar-refractivity contribution in [3.63, 3.8) is 0 Å². The Balaban J connectivity index is 1.41. The number of aliphatic imine (C=N–C) groups is 1. The summed E-state index contributed by atoms with van der Waals surface area (Å²) in [7, 11) is -3.72. The standard InChI is InChI=1S/C19H18N4O3S3/c24-18(10-15-12-28-19(22-15)13-6-8-27-11-13)21-14-3-1-4-16(9-14)29(25,26)23-17-5-2-7-20-17/h1,3-4,6,8-9,11-12H,2,5,7,10H2,(H,20,23)(H,21,24). The summed E-state index contributed by atoms with van der Waals surface area (Å²) in [6.45, 7) is 0.638. The maximum Gasteiger partial charge on any atom is 0.262 e. The summed E-state index contributed by atoms with van der Waals surface area (Å²) < 4.78 is 27.5. The van der Waals surface area contributed by atoms with E-state index in [0.717, 1.165) is 17.0 Å². The number of amidine groups is 1. The molecule has 7 nitrogen and oxygen atoms in total. The van der Waals surface area contributed by atoms with Crippen LogP contribution >= 0.6 is 22.7 Å². The summed E-state index contributed by atoms with van der Waals surface area (Å²) >= 11 is 3.09. The highest BCUT2D eigenvalue weighted by Crippen LogP contribution is 2.26. The van der Waals surface area contributed by atoms with Gasteiger partial charge in [0.1, 0.15) is 10.8 Å². The highest BCUT2D eigenvalue weighted by Gasteiger charge is 2.19. The van der Waals surface area contributed by atoms with Crippen molar-refractivity contribution in [2.45, 2.75) is 24.2 Å². The van der Waals surface area contributed by atoms with Crippen molar-refractivity contribution in [2.75, 3.05) is 11.9 Å². The van der Waals surface area contributed by atoms with E-state index in [0.29, 0.717) is 30.2 Å². The number of sulfonamides is 1. The molecule has 1 aliphatic heterocycles. The molecule has 10 heteroatoms. The van der Waals surface area contributed by atoms with Crippen LogP contribution in [-0.4, -0.2) is 31.7 Å². The van der Waals surface area contributed by atoms with Crippen molar-refractivity contribution in [2.24, 2.45) is 4.99 Å². The van der Waals surface area contributed by atoms with Crippen LogP contribution in [0.3, 0.4) is 0 Å². The fourth-order valence-corrected chi connectivity index (χ4v) is 5.52. The summed E-state index contributed by atoms with van der Waals surface area (Å²) in [6.07, 6.45) is 1.59. The predicted molar refractivity (Wildman–Crippen MR) is 116 cm³/mol. The van der Waals surface area contributed by atoms with Crippen LogP contribution in [0.4, 0.5) is 5.69 Å². The van der Waals surface area contributed by atoms with Gasteiger partial charge in [-0.25, -0.2) is 13.4 Å². The van der Waals surface area contributed by atoms with Crippen LogP contribution in [-0.2, 0) is 21.2 Å². The third-order valence-electron chi connectivity index (χ3n) is 4.22. The molecule has 2 aromatic heterocycles. The summed E-state index contributed by atoms with van der Waals surface area (Å²) in [5.41, 5.74) is 2.14. The summed E-state index contributed by atoms with van der Waals surface area (Å²) in [4.78, 5) is 21.1. The van der Waals surface area contributed by atoms with Crippen LogP contribution in [0, 0.1) is 0 Å². The van der Waals surface area contributed by atoms with E-state index in [1.54, 1.807) is 23.5 Å². The number of hydrogen-bond donors (Lipinski definition) is 2. The first kappa shape index (κ1) is 19.7. The van der Waals surface area contributed by atoms with E-state index in [4.69, 9.17) is 0 Å². The second-order valence-electron chi connectivity index (χ2n) is 6.45. The minimum absolute atomic E-state index is 0.0818. The topological polar surface area (TPSA) is 101 Å². The molecule has 2 N–H and O–H groups in total. The number of benzene rings is 1. The molecular formula is C19H18N4O3S3. The monoisotopic (exact) mass is 446 g/mol. The molecule has 3 aromatic rings. The van der Waals surface area contributed by atoms with E-state index in [1.807, 2.05) is 22.2 Å². The van der Waals surface area contributed by atoms with Crippen molar-refractivity contribution < 1.29 is 13.2 Å². The molecule has 0 spiro atoms. The lowest BCUT2D eigenvalue weighted by atomic mass is 10.3. The number of thiazole rings is 1. The maximum absolute atomic E-state index is 12.5. The molecular weight excluding hydrogens is 428 g/mol. The average molecular weight is 447 g/mol. The fourth-order valence-electron chi connectivity index (χ4n) is 2.85. The number of nitrogens with one attached hydrogen (secondary N) is 2. The largest absolute Gasteiger partial charge is 0.326 e. The van der Waals surface area contributed by atoms with Gasteiger partial charge in [0.15, 0.2) is 0 Å². The number of aromatic nitrogens is 1. The Morgan fingerprint density at radius 1 is 1.21 bits per heavy atom. The SMILES string of the molecule is O=C(Cc1csc(-c2ccsc2)n1)Nc1cccc(S(=O)(=O)NC2=NCCC2)c1. The van der Waals surface area contributed by atoms with Gasteiger partial charge in [-0.15, -0.1) is 11.3 Å². The molecule has 3 heterocycles. The molecule has 4 rings (SSSR count). The first-order chi connectivity index (χ1) is 14.0. The minimum atomic E-state index is -3.72. The smallest absolute Gasteiger partial charge is 0.262 e. The molecule has 29 heavy (non-hydrogen) atoms. The van der Waals surface area contributed by atoms with E-state index >= 15 is 0 Å². The lowest BCUT2D eigenvalue weighted by Crippen LogP contribution is -2.29. The van der Waals surface area contributed by atoms with E-state index in [2.05, 4.69) is 20.0 Å². The molecule has 1 aromatic carbocycles. The Morgan fingerprint density at radius 2 is 2.10 bits per heavy atom. The number of carbonyl (C=O) groups excluding carboxylic acids is 1. The number of rotatable bonds is 6. The number of anilines is 1. The highest BCUT2D eigenvalue weighted by molar-refractivity contribution is 7.90. The third kappa shape index (κ3) is 4.89. The molecule has 0 saturated heterocycles. The zero-order valence-electron chi connectivity index (χ0n) is 15.3. The summed E-state index contributed by atoms with van der Waals surface area (Å²) in [5, 5.41) is 9.48. The van der Waals surface area contributed by atoms with Crippen molar-refractivity contribution in [1.82, 2.24) is 9.71 Å². The van der Waals surface area contributed by atoms with Crippen molar-refractivity contribution in [1.29, 1.82) is 0 Å². The first-order valence-corrected chi connectivity index (χ1v) is 12.2. The van der Waals surface area contributed by atoms with Gasteiger partial charge >= 0.3 is 0 Å². The summed E-state index contributed by atoms with van der Waals surface area (Å²) in [6, 6.07) is 8.17. The number of carbonyl (C=O) groups is 1. The van der Waals surface area contributed by atoms with Gasteiger partial charge in [-0.05, 0) is 36.1 Å². The molecule has 0 bridgehead atoms. The molecule has 150 valence electrons. The number of amides is 1. The number of thiophene rings is 1. The Hall–Kier alpha value is -2.56. The second-order valence-corrected chi connectivity index (χ2v) is 9.77. The van der Waals surface area contributed by atoms with Gasteiger partial charge < -0.3 is 5.32 Å². The van der Waals surface area contributed by atoms with Crippen LogP contribution in [0.1, 0.15) is 18.5 Å². The lowest BCUT2D eigenvalue weighted by Gasteiger charge is -2.10. The zero-order chi connectivity index (χ0) is 20.3. The molecule has 0 aliphatic carbocycles. The van der Waals surface area contributed by atoms with Gasteiger partial charge in [-0.2, -0.15) is 11.3 Å². The van der Waals surface area contributed by atoms with Crippen molar-refractivity contribution in [3.8, 4) is 10.6 Å². The van der Waals surface area contributed by atoms with Crippen molar-refractivity contribution >= 4 is 50.1 Å². The fraction of sp³-hybridized carbons (Fsp3) is 0.211. The van der Waals surface area contributed by atoms with Gasteiger partial charge in [0.2, 0.25) is 5.91 Å². The quantitative estimate of drug-likeness (QED) is 0.605. The van der Waals surface area contributed by atoms with Gasteiger partial charge in [-0.3, -0.25) is 14.5 Å². The van der Waals surface area contributed by atoms with Crippen LogP contribution in [0.5, 0.6) is 0 Å². The summed E-state index contributed by atoms with van der Waals surface area (Å²) in [5.74, 6) is 0.222. The predicted octanol–water partition coefficient (Wildman–Crippen LogP) is 3.52. The second kappa shape index (κ2) is 8.44. The highest BCUT2D eigenvalue weighted by atomic mass is 32.2. The van der Waals surface area contributed by atoms with E-state index in [-0.39, 0.29) is 17.2 Å². The molecule has 0 atom stereocenters.